The molecule has 3 rings (SSSR count). The first-order valence-electron chi connectivity index (χ1n) is 5.68. The summed E-state index contributed by atoms with van der Waals surface area (Å²) < 4.78 is 4.95. The molecule has 0 radical (unpaired) electrons. The van der Waals surface area contributed by atoms with Crippen LogP contribution in [-0.4, -0.2) is 32.2 Å². The van der Waals surface area contributed by atoms with E-state index in [2.05, 4.69) is 19.9 Å². The van der Waals surface area contributed by atoms with Gasteiger partial charge in [0.2, 0.25) is 0 Å². The molecule has 0 fully saturated rings. The first kappa shape index (κ1) is 12.0. The topological polar surface area (TPSA) is 124 Å². The molecule has 3 aromatic rings. The molecule has 0 unspecified atom stereocenters. The average molecular weight is 274 g/mol. The number of hydrogen-bond acceptors (Lipinski definition) is 5. The molecule has 0 spiro atoms. The number of ether oxygens (including phenoxy) is 1. The lowest BCUT2D eigenvalue weighted by atomic mass is 10.2. The number of aromatic hydroxyl groups is 1. The van der Waals surface area contributed by atoms with Crippen molar-refractivity contribution in [3.63, 3.8) is 0 Å². The molecular formula is C12H10N4O4. The van der Waals surface area contributed by atoms with Crippen LogP contribution in [0, 0.1) is 0 Å². The van der Waals surface area contributed by atoms with Gasteiger partial charge in [0.1, 0.15) is 11.3 Å². The summed E-state index contributed by atoms with van der Waals surface area (Å²) in [7, 11) is 1.44. The Kier molecular flexibility index (Phi) is 2.56. The molecule has 8 nitrogen and oxygen atoms in total. The van der Waals surface area contributed by atoms with Gasteiger partial charge in [-0.25, -0.2) is 9.78 Å². The molecule has 0 saturated carbocycles. The number of aromatic amines is 3. The minimum atomic E-state index is -0.627. The highest BCUT2D eigenvalue weighted by molar-refractivity contribution is 5.75. The Morgan fingerprint density at radius 2 is 2.00 bits per heavy atom. The van der Waals surface area contributed by atoms with Gasteiger partial charge in [-0.15, -0.1) is 0 Å². The Morgan fingerprint density at radius 1 is 1.20 bits per heavy atom. The first-order chi connectivity index (χ1) is 9.58. The van der Waals surface area contributed by atoms with Gasteiger partial charge in [-0.05, 0) is 18.2 Å². The van der Waals surface area contributed by atoms with Crippen LogP contribution in [0.1, 0.15) is 0 Å². The maximum Gasteiger partial charge on any atom is 0.327 e. The van der Waals surface area contributed by atoms with Crippen molar-refractivity contribution >= 4 is 11.2 Å². The van der Waals surface area contributed by atoms with Gasteiger partial charge in [-0.1, -0.05) is 0 Å². The van der Waals surface area contributed by atoms with Crippen molar-refractivity contribution in [1.29, 1.82) is 0 Å². The number of phenols is 1. The van der Waals surface area contributed by atoms with E-state index in [1.165, 1.54) is 13.2 Å². The zero-order valence-corrected chi connectivity index (χ0v) is 10.4. The predicted molar refractivity (Wildman–Crippen MR) is 71.0 cm³/mol. The van der Waals surface area contributed by atoms with E-state index in [1.54, 1.807) is 12.1 Å². The van der Waals surface area contributed by atoms with Crippen molar-refractivity contribution < 1.29 is 9.84 Å². The van der Waals surface area contributed by atoms with Crippen molar-refractivity contribution in [3.8, 4) is 22.9 Å². The highest BCUT2D eigenvalue weighted by Gasteiger charge is 2.11. The van der Waals surface area contributed by atoms with Crippen molar-refractivity contribution in [1.82, 2.24) is 19.9 Å². The minimum Gasteiger partial charge on any atom is -0.504 e. The zero-order valence-electron chi connectivity index (χ0n) is 10.4. The number of imidazole rings is 1. The van der Waals surface area contributed by atoms with Crippen LogP contribution in [-0.2, 0) is 0 Å². The van der Waals surface area contributed by atoms with Crippen LogP contribution in [0.4, 0.5) is 0 Å². The van der Waals surface area contributed by atoms with Gasteiger partial charge in [0.15, 0.2) is 17.1 Å². The number of phenolic OH excluding ortho intramolecular Hbond substituents is 1. The van der Waals surface area contributed by atoms with Gasteiger partial charge < -0.3 is 14.8 Å². The molecule has 4 N–H and O–H groups in total. The van der Waals surface area contributed by atoms with Crippen molar-refractivity contribution in [2.75, 3.05) is 7.11 Å². The number of benzene rings is 1. The third-order valence-electron chi connectivity index (χ3n) is 2.84. The third-order valence-corrected chi connectivity index (χ3v) is 2.84. The van der Waals surface area contributed by atoms with Gasteiger partial charge >= 0.3 is 5.69 Å². The molecule has 0 bridgehead atoms. The summed E-state index contributed by atoms with van der Waals surface area (Å²) in [5.74, 6) is 0.634. The van der Waals surface area contributed by atoms with Gasteiger partial charge in [0.25, 0.3) is 5.56 Å². The number of H-pyrrole nitrogens is 3. The van der Waals surface area contributed by atoms with Crippen molar-refractivity contribution in [2.45, 2.75) is 0 Å². The number of hydrogen-bond donors (Lipinski definition) is 4. The smallest absolute Gasteiger partial charge is 0.327 e. The van der Waals surface area contributed by atoms with Gasteiger partial charge in [0, 0.05) is 5.56 Å². The van der Waals surface area contributed by atoms with E-state index in [4.69, 9.17) is 4.74 Å². The summed E-state index contributed by atoms with van der Waals surface area (Å²) in [6.45, 7) is 0. The fourth-order valence-electron chi connectivity index (χ4n) is 1.91. The van der Waals surface area contributed by atoms with Crippen LogP contribution >= 0.6 is 0 Å². The van der Waals surface area contributed by atoms with E-state index in [0.717, 1.165) is 0 Å². The molecule has 20 heavy (non-hydrogen) atoms. The maximum absolute atomic E-state index is 11.6. The summed E-state index contributed by atoms with van der Waals surface area (Å²) in [4.78, 5) is 34.2. The molecule has 0 aliphatic rings. The fraction of sp³-hybridized carbons (Fsp3) is 0.0833. The fourth-order valence-corrected chi connectivity index (χ4v) is 1.91. The molecule has 1 aromatic carbocycles. The maximum atomic E-state index is 11.6. The largest absolute Gasteiger partial charge is 0.504 e. The molecule has 0 saturated heterocycles. The van der Waals surface area contributed by atoms with Gasteiger partial charge in [-0.3, -0.25) is 14.8 Å². The van der Waals surface area contributed by atoms with Gasteiger partial charge in [0.05, 0.1) is 7.11 Å². The Bertz CT molecular complexity index is 906. The number of aromatic nitrogens is 4. The molecule has 0 atom stereocenters. The lowest BCUT2D eigenvalue weighted by molar-refractivity contribution is 0.373. The SMILES string of the molecule is COc1ccc(-c2nc3[nH]c(=O)[nH]c(=O)c3[nH]2)cc1O. The standard InChI is InChI=1S/C12H10N4O4/c1-20-7-3-2-5(4-6(7)17)9-13-8-10(14-9)15-12(19)16-11(8)18/h2-4,17H,1H3,(H3,13,14,15,16,18,19). The highest BCUT2D eigenvalue weighted by atomic mass is 16.5. The molecule has 0 aliphatic carbocycles. The summed E-state index contributed by atoms with van der Waals surface area (Å²) in [5.41, 5.74) is -0.308. The van der Waals surface area contributed by atoms with E-state index in [-0.39, 0.29) is 16.9 Å². The van der Waals surface area contributed by atoms with Crippen LogP contribution in [0.25, 0.3) is 22.6 Å². The van der Waals surface area contributed by atoms with Crippen molar-refractivity contribution in [3.05, 3.63) is 39.0 Å². The van der Waals surface area contributed by atoms with Crippen LogP contribution < -0.4 is 16.0 Å². The minimum absolute atomic E-state index is 0.0483. The molecule has 0 aliphatic heterocycles. The summed E-state index contributed by atoms with van der Waals surface area (Å²) in [6, 6.07) is 4.69. The van der Waals surface area contributed by atoms with Crippen LogP contribution in [0.2, 0.25) is 0 Å². The molecular weight excluding hydrogens is 264 g/mol. The molecule has 0 amide bonds. The molecule has 8 heteroatoms. The third kappa shape index (κ3) is 1.83. The number of fused-ring (bicyclic) bond motifs is 1. The Morgan fingerprint density at radius 3 is 2.70 bits per heavy atom. The van der Waals surface area contributed by atoms with E-state index in [0.29, 0.717) is 17.1 Å². The van der Waals surface area contributed by atoms with Crippen LogP contribution in [0.3, 0.4) is 0 Å². The van der Waals surface area contributed by atoms with Crippen LogP contribution in [0.15, 0.2) is 27.8 Å². The molecule has 102 valence electrons. The monoisotopic (exact) mass is 274 g/mol. The summed E-state index contributed by atoms with van der Waals surface area (Å²) in [5, 5.41) is 9.73. The van der Waals surface area contributed by atoms with Crippen LogP contribution in [0.5, 0.6) is 11.5 Å². The lowest BCUT2D eigenvalue weighted by Gasteiger charge is -2.03. The second-order valence-corrected chi connectivity index (χ2v) is 4.10. The first-order valence-corrected chi connectivity index (χ1v) is 5.68. The van der Waals surface area contributed by atoms with E-state index in [9.17, 15) is 14.7 Å². The second-order valence-electron chi connectivity index (χ2n) is 4.10. The van der Waals surface area contributed by atoms with Gasteiger partial charge in [-0.2, -0.15) is 0 Å². The Balaban J connectivity index is 2.20. The number of nitrogens with one attached hydrogen (secondary N) is 3. The molecule has 2 aromatic heterocycles. The zero-order chi connectivity index (χ0) is 14.3. The summed E-state index contributed by atoms with van der Waals surface area (Å²) >= 11 is 0. The Labute approximate surface area is 111 Å². The molecule has 2 heterocycles. The van der Waals surface area contributed by atoms with E-state index >= 15 is 0 Å². The van der Waals surface area contributed by atoms with Crippen molar-refractivity contribution in [2.24, 2.45) is 0 Å². The second kappa shape index (κ2) is 4.26. The van der Waals surface area contributed by atoms with E-state index in [1.807, 2.05) is 0 Å². The number of nitrogens with zero attached hydrogens (tertiary/aromatic N) is 1. The highest BCUT2D eigenvalue weighted by Crippen LogP contribution is 2.30. The Hall–Kier alpha value is -3.03. The lowest BCUT2D eigenvalue weighted by Crippen LogP contribution is -2.21. The number of methoxy groups -OCH3 is 1. The quantitative estimate of drug-likeness (QED) is 0.535. The number of rotatable bonds is 2. The average Bonchev–Trinajstić information content (AvgIpc) is 2.82. The summed E-state index contributed by atoms with van der Waals surface area (Å²) in [6.07, 6.45) is 0. The predicted octanol–water partition coefficient (Wildman–Crippen LogP) is 0.321. The van der Waals surface area contributed by atoms with E-state index < -0.39 is 11.2 Å². The normalized spacial score (nSPS) is 10.8.